The summed E-state index contributed by atoms with van der Waals surface area (Å²) >= 11 is 1.43. The third-order valence-electron chi connectivity index (χ3n) is 6.33. The first-order chi connectivity index (χ1) is 15.9. The SMILES string of the molecule is Cc1c(C(=O)NC2CCOC(C)(C)C2)sc2ncnc(NCCc3c[nH]c4ccccc34)c12. The average Bonchev–Trinajstić information content (AvgIpc) is 3.35. The van der Waals surface area contributed by atoms with Crippen molar-refractivity contribution in [3.05, 3.63) is 52.8 Å². The number of fused-ring (bicyclic) bond motifs is 2. The number of amides is 1. The van der Waals surface area contributed by atoms with Crippen LogP contribution in [0.2, 0.25) is 0 Å². The van der Waals surface area contributed by atoms with Crippen LogP contribution in [0, 0.1) is 6.92 Å². The molecule has 1 saturated heterocycles. The van der Waals surface area contributed by atoms with Gasteiger partial charge in [-0.05, 0) is 57.2 Å². The van der Waals surface area contributed by atoms with Gasteiger partial charge in [-0.25, -0.2) is 9.97 Å². The van der Waals surface area contributed by atoms with Crippen molar-refractivity contribution in [3.63, 3.8) is 0 Å². The predicted molar refractivity (Wildman–Crippen MR) is 133 cm³/mol. The van der Waals surface area contributed by atoms with E-state index in [1.165, 1.54) is 22.3 Å². The number of nitrogens with zero attached hydrogens (tertiary/aromatic N) is 2. The van der Waals surface area contributed by atoms with E-state index >= 15 is 0 Å². The zero-order chi connectivity index (χ0) is 23.0. The molecule has 1 aliphatic heterocycles. The van der Waals surface area contributed by atoms with Gasteiger partial charge in [0.2, 0.25) is 0 Å². The molecule has 3 aromatic heterocycles. The predicted octanol–water partition coefficient (Wildman–Crippen LogP) is 4.82. The van der Waals surface area contributed by atoms with E-state index in [1.807, 2.05) is 13.0 Å². The molecule has 0 saturated carbocycles. The third kappa shape index (κ3) is 4.45. The molecule has 4 aromatic rings. The van der Waals surface area contributed by atoms with Gasteiger partial charge in [-0.2, -0.15) is 0 Å². The fraction of sp³-hybridized carbons (Fsp3) is 0.400. The number of rotatable bonds is 6. The molecular weight excluding hydrogens is 434 g/mol. The van der Waals surface area contributed by atoms with E-state index in [9.17, 15) is 4.79 Å². The minimum atomic E-state index is -0.210. The molecule has 4 heterocycles. The molecule has 5 rings (SSSR count). The van der Waals surface area contributed by atoms with Crippen LogP contribution in [0.25, 0.3) is 21.1 Å². The molecule has 1 aliphatic rings. The number of aryl methyl sites for hydroxylation is 1. The van der Waals surface area contributed by atoms with Crippen LogP contribution in [-0.2, 0) is 11.2 Å². The lowest BCUT2D eigenvalue weighted by molar-refractivity contribution is -0.0615. The standard InChI is InChI=1S/C25H29N5O2S/c1-15-20-22(26-10-8-16-13-27-19-7-5-4-6-18(16)19)28-14-29-24(20)33-21(15)23(31)30-17-9-11-32-25(2,3)12-17/h4-7,13-14,17,27H,8-12H2,1-3H3,(H,30,31)(H,26,28,29). The summed E-state index contributed by atoms with van der Waals surface area (Å²) in [4.78, 5) is 26.9. The van der Waals surface area contributed by atoms with Crippen molar-refractivity contribution in [2.24, 2.45) is 0 Å². The van der Waals surface area contributed by atoms with Gasteiger partial charge in [-0.1, -0.05) is 18.2 Å². The Hall–Kier alpha value is -2.97. The molecule has 1 unspecified atom stereocenters. The number of nitrogens with one attached hydrogen (secondary N) is 3. The van der Waals surface area contributed by atoms with Gasteiger partial charge in [-0.3, -0.25) is 4.79 Å². The van der Waals surface area contributed by atoms with Crippen LogP contribution >= 0.6 is 11.3 Å². The first-order valence-corrected chi connectivity index (χ1v) is 12.2. The summed E-state index contributed by atoms with van der Waals surface area (Å²) in [5, 5.41) is 8.85. The van der Waals surface area contributed by atoms with Gasteiger partial charge >= 0.3 is 0 Å². The molecule has 8 heteroatoms. The fourth-order valence-corrected chi connectivity index (χ4v) is 5.73. The second-order valence-corrected chi connectivity index (χ2v) is 10.3. The Morgan fingerprint density at radius 1 is 1.30 bits per heavy atom. The molecular formula is C25H29N5O2S. The van der Waals surface area contributed by atoms with Crippen molar-refractivity contribution < 1.29 is 9.53 Å². The zero-order valence-corrected chi connectivity index (χ0v) is 20.0. The average molecular weight is 464 g/mol. The van der Waals surface area contributed by atoms with Crippen LogP contribution in [-0.4, -0.2) is 45.7 Å². The number of anilines is 1. The molecule has 0 aliphatic carbocycles. The minimum Gasteiger partial charge on any atom is -0.375 e. The van der Waals surface area contributed by atoms with Crippen LogP contribution in [0.3, 0.4) is 0 Å². The number of carbonyl (C=O) groups excluding carboxylic acids is 1. The van der Waals surface area contributed by atoms with Crippen molar-refractivity contribution in [2.45, 2.75) is 51.7 Å². The van der Waals surface area contributed by atoms with Gasteiger partial charge in [0.1, 0.15) is 17.0 Å². The Labute approximate surface area is 197 Å². The fourth-order valence-electron chi connectivity index (χ4n) is 4.68. The Kier molecular flexibility index (Phi) is 5.80. The number of benzene rings is 1. The first-order valence-electron chi connectivity index (χ1n) is 11.4. The zero-order valence-electron chi connectivity index (χ0n) is 19.2. The number of hydrogen-bond donors (Lipinski definition) is 3. The van der Waals surface area contributed by atoms with Crippen molar-refractivity contribution in [2.75, 3.05) is 18.5 Å². The second kappa shape index (κ2) is 8.76. The highest BCUT2D eigenvalue weighted by molar-refractivity contribution is 7.20. The smallest absolute Gasteiger partial charge is 0.261 e. The number of para-hydroxylation sites is 1. The number of aromatic amines is 1. The van der Waals surface area contributed by atoms with Gasteiger partial charge in [0.05, 0.1) is 15.9 Å². The normalized spacial score (nSPS) is 18.0. The van der Waals surface area contributed by atoms with E-state index in [-0.39, 0.29) is 17.6 Å². The van der Waals surface area contributed by atoms with Crippen LogP contribution in [0.4, 0.5) is 5.82 Å². The third-order valence-corrected chi connectivity index (χ3v) is 7.53. The first kappa shape index (κ1) is 21.9. The largest absolute Gasteiger partial charge is 0.375 e. The Balaban J connectivity index is 1.31. The summed E-state index contributed by atoms with van der Waals surface area (Å²) in [6, 6.07) is 8.43. The monoisotopic (exact) mass is 463 g/mol. The van der Waals surface area contributed by atoms with E-state index in [0.717, 1.165) is 52.9 Å². The minimum absolute atomic E-state index is 0.0389. The van der Waals surface area contributed by atoms with Crippen LogP contribution < -0.4 is 10.6 Å². The van der Waals surface area contributed by atoms with Gasteiger partial charge in [0.25, 0.3) is 5.91 Å². The highest BCUT2D eigenvalue weighted by Crippen LogP contribution is 2.34. The van der Waals surface area contributed by atoms with Gasteiger partial charge in [0.15, 0.2) is 0 Å². The van der Waals surface area contributed by atoms with Gasteiger partial charge in [-0.15, -0.1) is 11.3 Å². The van der Waals surface area contributed by atoms with Gasteiger partial charge in [0, 0.05) is 36.3 Å². The highest BCUT2D eigenvalue weighted by Gasteiger charge is 2.30. The lowest BCUT2D eigenvalue weighted by Gasteiger charge is -2.35. The summed E-state index contributed by atoms with van der Waals surface area (Å²) in [6.45, 7) is 7.52. The summed E-state index contributed by atoms with van der Waals surface area (Å²) in [5.41, 5.74) is 3.13. The number of ether oxygens (including phenoxy) is 1. The second-order valence-electron chi connectivity index (χ2n) is 9.27. The maximum Gasteiger partial charge on any atom is 0.261 e. The highest BCUT2D eigenvalue weighted by atomic mass is 32.1. The maximum atomic E-state index is 13.1. The molecule has 1 aromatic carbocycles. The maximum absolute atomic E-state index is 13.1. The molecule has 1 fully saturated rings. The lowest BCUT2D eigenvalue weighted by atomic mass is 9.94. The quantitative estimate of drug-likeness (QED) is 0.381. The molecule has 0 bridgehead atoms. The molecule has 0 spiro atoms. The van der Waals surface area contributed by atoms with Crippen LogP contribution in [0.5, 0.6) is 0 Å². The lowest BCUT2D eigenvalue weighted by Crippen LogP contribution is -2.45. The Morgan fingerprint density at radius 3 is 3.00 bits per heavy atom. The van der Waals surface area contributed by atoms with Crippen LogP contribution in [0.15, 0.2) is 36.8 Å². The molecule has 3 N–H and O–H groups in total. The van der Waals surface area contributed by atoms with Crippen molar-refractivity contribution in [1.29, 1.82) is 0 Å². The van der Waals surface area contributed by atoms with E-state index < -0.39 is 0 Å². The van der Waals surface area contributed by atoms with E-state index in [4.69, 9.17) is 4.74 Å². The number of thiophene rings is 1. The molecule has 1 atom stereocenters. The summed E-state index contributed by atoms with van der Waals surface area (Å²) in [5.74, 6) is 0.739. The molecule has 33 heavy (non-hydrogen) atoms. The summed E-state index contributed by atoms with van der Waals surface area (Å²) in [7, 11) is 0. The van der Waals surface area contributed by atoms with E-state index in [2.05, 4.69) is 63.8 Å². The van der Waals surface area contributed by atoms with Crippen molar-refractivity contribution in [3.8, 4) is 0 Å². The van der Waals surface area contributed by atoms with E-state index in [1.54, 1.807) is 6.33 Å². The van der Waals surface area contributed by atoms with E-state index in [0.29, 0.717) is 11.5 Å². The van der Waals surface area contributed by atoms with Crippen molar-refractivity contribution in [1.82, 2.24) is 20.3 Å². The van der Waals surface area contributed by atoms with Crippen LogP contribution in [0.1, 0.15) is 47.5 Å². The summed E-state index contributed by atoms with van der Waals surface area (Å²) in [6.07, 6.45) is 6.14. The topological polar surface area (TPSA) is 91.9 Å². The number of hydrogen-bond acceptors (Lipinski definition) is 6. The number of carbonyl (C=O) groups is 1. The molecule has 1 amide bonds. The number of H-pyrrole nitrogens is 1. The Bertz CT molecular complexity index is 1310. The van der Waals surface area contributed by atoms with Crippen molar-refractivity contribution >= 4 is 44.2 Å². The summed E-state index contributed by atoms with van der Waals surface area (Å²) < 4.78 is 5.78. The molecule has 0 radical (unpaired) electrons. The van der Waals surface area contributed by atoms with Gasteiger partial charge < -0.3 is 20.4 Å². The molecule has 7 nitrogen and oxygen atoms in total. The molecule has 172 valence electrons. The number of aromatic nitrogens is 3. The Morgan fingerprint density at radius 2 is 2.15 bits per heavy atom.